The highest BCUT2D eigenvalue weighted by molar-refractivity contribution is 6.04. The molecule has 0 bridgehead atoms. The van der Waals surface area contributed by atoms with Gasteiger partial charge in [0.05, 0.1) is 17.4 Å². The highest BCUT2D eigenvalue weighted by Gasteiger charge is 2.15. The van der Waals surface area contributed by atoms with Crippen LogP contribution < -0.4 is 10.9 Å². The minimum Gasteiger partial charge on any atom is -0.307 e. The fraction of sp³-hybridized carbons (Fsp3) is 0.120. The van der Waals surface area contributed by atoms with Gasteiger partial charge < -0.3 is 5.32 Å². The largest absolute Gasteiger partial charge is 0.307 e. The second kappa shape index (κ2) is 8.75. The summed E-state index contributed by atoms with van der Waals surface area (Å²) in [5, 5.41) is 7.40. The van der Waals surface area contributed by atoms with Crippen LogP contribution in [0.4, 0.5) is 5.82 Å². The summed E-state index contributed by atoms with van der Waals surface area (Å²) in [5.74, 6) is 0.208. The standard InChI is InChI=1S/C25H22N4O2/c1-17(2)29-23(30)16-14-21(28-29)20-13-15-22(26-24(20)18-9-5-3-6-10-18)27-25(31)19-11-7-4-8-12-19/h3-17H,1-2H3,(H,26,27,31). The van der Waals surface area contributed by atoms with Crippen molar-refractivity contribution in [3.8, 4) is 22.5 Å². The number of hydrogen-bond donors (Lipinski definition) is 1. The van der Waals surface area contributed by atoms with Crippen molar-refractivity contribution in [2.24, 2.45) is 0 Å². The number of carbonyl (C=O) groups is 1. The third-order valence-electron chi connectivity index (χ3n) is 4.81. The molecule has 0 aliphatic carbocycles. The van der Waals surface area contributed by atoms with Gasteiger partial charge in [-0.15, -0.1) is 0 Å². The van der Waals surface area contributed by atoms with Crippen molar-refractivity contribution in [3.63, 3.8) is 0 Å². The molecular weight excluding hydrogens is 388 g/mol. The van der Waals surface area contributed by atoms with Crippen molar-refractivity contribution in [3.05, 3.63) is 101 Å². The molecule has 0 atom stereocenters. The molecule has 2 heterocycles. The first-order valence-electron chi connectivity index (χ1n) is 10.1. The monoisotopic (exact) mass is 410 g/mol. The predicted molar refractivity (Wildman–Crippen MR) is 122 cm³/mol. The lowest BCUT2D eigenvalue weighted by Gasteiger charge is -2.14. The van der Waals surface area contributed by atoms with Crippen molar-refractivity contribution < 1.29 is 4.79 Å². The van der Waals surface area contributed by atoms with E-state index in [0.717, 1.165) is 11.1 Å². The zero-order valence-electron chi connectivity index (χ0n) is 17.3. The molecule has 1 N–H and O–H groups in total. The number of amides is 1. The van der Waals surface area contributed by atoms with Gasteiger partial charge in [-0.3, -0.25) is 9.59 Å². The maximum Gasteiger partial charge on any atom is 0.267 e. The smallest absolute Gasteiger partial charge is 0.267 e. The average molecular weight is 410 g/mol. The summed E-state index contributed by atoms with van der Waals surface area (Å²) in [6, 6.07) is 25.5. The van der Waals surface area contributed by atoms with E-state index in [2.05, 4.69) is 10.4 Å². The number of aromatic nitrogens is 3. The van der Waals surface area contributed by atoms with Crippen LogP contribution >= 0.6 is 0 Å². The summed E-state index contributed by atoms with van der Waals surface area (Å²) in [4.78, 5) is 29.4. The molecule has 0 aliphatic heterocycles. The highest BCUT2D eigenvalue weighted by Crippen LogP contribution is 2.30. The molecular formula is C25H22N4O2. The first-order chi connectivity index (χ1) is 15.0. The van der Waals surface area contributed by atoms with E-state index in [0.29, 0.717) is 22.8 Å². The van der Waals surface area contributed by atoms with Crippen LogP contribution in [0.15, 0.2) is 89.7 Å². The third kappa shape index (κ3) is 4.43. The lowest BCUT2D eigenvalue weighted by Crippen LogP contribution is -2.24. The molecule has 0 radical (unpaired) electrons. The summed E-state index contributed by atoms with van der Waals surface area (Å²) < 4.78 is 1.45. The van der Waals surface area contributed by atoms with Gasteiger partial charge in [-0.2, -0.15) is 5.10 Å². The van der Waals surface area contributed by atoms with Crippen molar-refractivity contribution in [1.29, 1.82) is 0 Å². The summed E-state index contributed by atoms with van der Waals surface area (Å²) in [7, 11) is 0. The number of carbonyl (C=O) groups excluding carboxylic acids is 1. The molecule has 0 unspecified atom stereocenters. The number of hydrogen-bond acceptors (Lipinski definition) is 4. The first kappa shape index (κ1) is 20.2. The molecule has 0 fully saturated rings. The maximum atomic E-state index is 12.6. The average Bonchev–Trinajstić information content (AvgIpc) is 2.80. The Morgan fingerprint density at radius 2 is 1.55 bits per heavy atom. The number of nitrogens with zero attached hydrogens (tertiary/aromatic N) is 3. The topological polar surface area (TPSA) is 76.9 Å². The number of rotatable bonds is 5. The molecule has 2 aromatic carbocycles. The molecule has 0 saturated carbocycles. The molecule has 1 amide bonds. The fourth-order valence-corrected chi connectivity index (χ4v) is 3.27. The molecule has 6 heteroatoms. The Morgan fingerprint density at radius 3 is 2.23 bits per heavy atom. The van der Waals surface area contributed by atoms with Gasteiger partial charge >= 0.3 is 0 Å². The van der Waals surface area contributed by atoms with E-state index in [1.807, 2.05) is 68.4 Å². The molecule has 0 spiro atoms. The number of benzene rings is 2. The third-order valence-corrected chi connectivity index (χ3v) is 4.81. The van der Waals surface area contributed by atoms with Crippen LogP contribution in [0.3, 0.4) is 0 Å². The van der Waals surface area contributed by atoms with Crippen molar-refractivity contribution in [2.75, 3.05) is 5.32 Å². The van der Waals surface area contributed by atoms with E-state index in [9.17, 15) is 9.59 Å². The van der Waals surface area contributed by atoms with Crippen LogP contribution in [0.5, 0.6) is 0 Å². The predicted octanol–water partition coefficient (Wildman–Crippen LogP) is 4.81. The Kier molecular flexibility index (Phi) is 5.71. The molecule has 0 aliphatic rings. The first-order valence-corrected chi connectivity index (χ1v) is 10.1. The van der Waals surface area contributed by atoms with Crippen LogP contribution in [0, 0.1) is 0 Å². The maximum absolute atomic E-state index is 12.6. The number of pyridine rings is 1. The number of anilines is 1. The second-order valence-electron chi connectivity index (χ2n) is 7.37. The SMILES string of the molecule is CC(C)n1nc(-c2ccc(NC(=O)c3ccccc3)nc2-c2ccccc2)ccc1=O. The van der Waals surface area contributed by atoms with Gasteiger partial charge in [0.2, 0.25) is 0 Å². The zero-order valence-corrected chi connectivity index (χ0v) is 17.3. The second-order valence-corrected chi connectivity index (χ2v) is 7.37. The Hall–Kier alpha value is -4.06. The summed E-state index contributed by atoms with van der Waals surface area (Å²) in [5.41, 5.74) is 3.38. The lowest BCUT2D eigenvalue weighted by molar-refractivity contribution is 0.102. The van der Waals surface area contributed by atoms with E-state index in [-0.39, 0.29) is 17.5 Å². The van der Waals surface area contributed by atoms with E-state index in [1.165, 1.54) is 10.7 Å². The van der Waals surface area contributed by atoms with Crippen molar-refractivity contribution in [1.82, 2.24) is 14.8 Å². The van der Waals surface area contributed by atoms with Gasteiger partial charge in [-0.25, -0.2) is 9.67 Å². The minimum atomic E-state index is -0.230. The highest BCUT2D eigenvalue weighted by atomic mass is 16.1. The van der Waals surface area contributed by atoms with Crippen LogP contribution in [0.25, 0.3) is 22.5 Å². The quantitative estimate of drug-likeness (QED) is 0.512. The Morgan fingerprint density at radius 1 is 0.871 bits per heavy atom. The molecule has 154 valence electrons. The Labute approximate surface area is 180 Å². The van der Waals surface area contributed by atoms with Gasteiger partial charge in [-0.05, 0) is 44.2 Å². The molecule has 31 heavy (non-hydrogen) atoms. The fourth-order valence-electron chi connectivity index (χ4n) is 3.27. The van der Waals surface area contributed by atoms with Gasteiger partial charge in [0.25, 0.3) is 11.5 Å². The summed E-state index contributed by atoms with van der Waals surface area (Å²) >= 11 is 0. The molecule has 4 rings (SSSR count). The normalized spacial score (nSPS) is 10.8. The molecule has 4 aromatic rings. The summed E-state index contributed by atoms with van der Waals surface area (Å²) in [6.07, 6.45) is 0. The van der Waals surface area contributed by atoms with Gasteiger partial charge in [0, 0.05) is 22.8 Å². The van der Waals surface area contributed by atoms with Crippen LogP contribution in [-0.4, -0.2) is 20.7 Å². The van der Waals surface area contributed by atoms with E-state index in [1.54, 1.807) is 24.3 Å². The van der Waals surface area contributed by atoms with Gasteiger partial charge in [0.1, 0.15) is 5.82 Å². The molecule has 6 nitrogen and oxygen atoms in total. The number of nitrogens with one attached hydrogen (secondary N) is 1. The van der Waals surface area contributed by atoms with E-state index >= 15 is 0 Å². The molecule has 2 aromatic heterocycles. The van der Waals surface area contributed by atoms with Crippen molar-refractivity contribution in [2.45, 2.75) is 19.9 Å². The minimum absolute atomic E-state index is 0.0648. The Balaban J connectivity index is 1.79. The van der Waals surface area contributed by atoms with Crippen LogP contribution in [0.1, 0.15) is 30.2 Å². The Bertz CT molecular complexity index is 1270. The van der Waals surface area contributed by atoms with E-state index < -0.39 is 0 Å². The van der Waals surface area contributed by atoms with Crippen LogP contribution in [0.2, 0.25) is 0 Å². The molecule has 0 saturated heterocycles. The van der Waals surface area contributed by atoms with Gasteiger partial charge in [0.15, 0.2) is 0 Å². The van der Waals surface area contributed by atoms with Crippen molar-refractivity contribution >= 4 is 11.7 Å². The van der Waals surface area contributed by atoms with E-state index in [4.69, 9.17) is 4.98 Å². The van der Waals surface area contributed by atoms with Crippen LogP contribution in [-0.2, 0) is 0 Å². The zero-order chi connectivity index (χ0) is 21.8. The summed E-state index contributed by atoms with van der Waals surface area (Å²) in [6.45, 7) is 3.83. The lowest BCUT2D eigenvalue weighted by atomic mass is 10.0. The van der Waals surface area contributed by atoms with Gasteiger partial charge in [-0.1, -0.05) is 48.5 Å².